The van der Waals surface area contributed by atoms with E-state index in [0.29, 0.717) is 5.02 Å². The number of benzene rings is 2. The molecule has 0 saturated carbocycles. The molecule has 0 aliphatic carbocycles. The molecule has 1 N–H and O–H groups in total. The summed E-state index contributed by atoms with van der Waals surface area (Å²) in [6.45, 7) is 2.90. The third kappa shape index (κ3) is 2.66. The van der Waals surface area contributed by atoms with E-state index in [0.717, 1.165) is 23.5 Å². The van der Waals surface area contributed by atoms with Gasteiger partial charge in [0, 0.05) is 28.5 Å². The van der Waals surface area contributed by atoms with Crippen molar-refractivity contribution in [1.29, 1.82) is 0 Å². The number of nitrogens with zero attached hydrogens (tertiary/aromatic N) is 1. The third-order valence-electron chi connectivity index (χ3n) is 2.89. The topological polar surface area (TPSA) is 23.5 Å². The van der Waals surface area contributed by atoms with E-state index in [-0.39, 0.29) is 6.61 Å². The molecule has 0 unspecified atom stereocenters. The summed E-state index contributed by atoms with van der Waals surface area (Å²) in [4.78, 5) is 2.15. The summed E-state index contributed by atoms with van der Waals surface area (Å²) in [6.07, 6.45) is 0. The lowest BCUT2D eigenvalue weighted by Gasteiger charge is -2.25. The Morgan fingerprint density at radius 3 is 2.44 bits per heavy atom. The minimum Gasteiger partial charge on any atom is -0.392 e. The largest absolute Gasteiger partial charge is 0.392 e. The SMILES string of the molecule is CCN(c1ccccc1)c1ccc(Cl)cc1CO. The van der Waals surface area contributed by atoms with Crippen LogP contribution in [0, 0.1) is 0 Å². The van der Waals surface area contributed by atoms with Crippen molar-refractivity contribution in [1.82, 2.24) is 0 Å². The molecule has 0 spiro atoms. The second-order valence-electron chi connectivity index (χ2n) is 4.01. The molecule has 0 saturated heterocycles. The van der Waals surface area contributed by atoms with E-state index in [1.165, 1.54) is 0 Å². The van der Waals surface area contributed by atoms with Crippen LogP contribution in [0.3, 0.4) is 0 Å². The lowest BCUT2D eigenvalue weighted by atomic mass is 10.1. The van der Waals surface area contributed by atoms with Gasteiger partial charge < -0.3 is 10.0 Å². The van der Waals surface area contributed by atoms with E-state index in [1.54, 1.807) is 0 Å². The number of hydrogen-bond acceptors (Lipinski definition) is 2. The minimum atomic E-state index is -0.0147. The van der Waals surface area contributed by atoms with E-state index in [1.807, 2.05) is 36.4 Å². The van der Waals surface area contributed by atoms with Crippen LogP contribution in [0.4, 0.5) is 11.4 Å². The van der Waals surface area contributed by atoms with Crippen molar-refractivity contribution in [2.45, 2.75) is 13.5 Å². The van der Waals surface area contributed by atoms with Crippen molar-refractivity contribution in [3.05, 3.63) is 59.1 Å². The molecule has 0 aromatic heterocycles. The van der Waals surface area contributed by atoms with Gasteiger partial charge in [0.25, 0.3) is 0 Å². The van der Waals surface area contributed by atoms with E-state index in [9.17, 15) is 5.11 Å². The minimum absolute atomic E-state index is 0.0147. The van der Waals surface area contributed by atoms with Crippen molar-refractivity contribution in [3.8, 4) is 0 Å². The predicted molar refractivity (Wildman–Crippen MR) is 76.5 cm³/mol. The van der Waals surface area contributed by atoms with Crippen LogP contribution in [-0.2, 0) is 6.61 Å². The van der Waals surface area contributed by atoms with Gasteiger partial charge in [-0.1, -0.05) is 29.8 Å². The quantitative estimate of drug-likeness (QED) is 0.900. The van der Waals surface area contributed by atoms with Gasteiger partial charge in [0.05, 0.1) is 6.61 Å². The van der Waals surface area contributed by atoms with Crippen LogP contribution in [0.5, 0.6) is 0 Å². The van der Waals surface area contributed by atoms with Crippen LogP contribution in [0.1, 0.15) is 12.5 Å². The molecular formula is C15H16ClNO. The Morgan fingerprint density at radius 1 is 1.11 bits per heavy atom. The maximum absolute atomic E-state index is 9.45. The maximum atomic E-state index is 9.45. The van der Waals surface area contributed by atoms with Gasteiger partial charge in [0.1, 0.15) is 0 Å². The molecule has 0 heterocycles. The van der Waals surface area contributed by atoms with Crippen LogP contribution >= 0.6 is 11.6 Å². The normalized spacial score (nSPS) is 10.4. The summed E-state index contributed by atoms with van der Waals surface area (Å²) in [6, 6.07) is 15.7. The number of aliphatic hydroxyl groups excluding tert-OH is 1. The number of para-hydroxylation sites is 1. The first kappa shape index (κ1) is 12.9. The molecule has 0 fully saturated rings. The Balaban J connectivity index is 2.45. The van der Waals surface area contributed by atoms with Crippen LogP contribution in [-0.4, -0.2) is 11.7 Å². The zero-order valence-corrected chi connectivity index (χ0v) is 11.1. The zero-order chi connectivity index (χ0) is 13.0. The van der Waals surface area contributed by atoms with Gasteiger partial charge in [-0.3, -0.25) is 0 Å². The van der Waals surface area contributed by atoms with Gasteiger partial charge in [-0.2, -0.15) is 0 Å². The van der Waals surface area contributed by atoms with Gasteiger partial charge in [-0.15, -0.1) is 0 Å². The number of halogens is 1. The fourth-order valence-electron chi connectivity index (χ4n) is 2.04. The molecule has 0 bridgehead atoms. The molecule has 2 aromatic rings. The first-order valence-electron chi connectivity index (χ1n) is 5.98. The van der Waals surface area contributed by atoms with Gasteiger partial charge in [-0.25, -0.2) is 0 Å². The number of aliphatic hydroxyl groups is 1. The lowest BCUT2D eigenvalue weighted by molar-refractivity contribution is 0.282. The fourth-order valence-corrected chi connectivity index (χ4v) is 2.24. The summed E-state index contributed by atoms with van der Waals surface area (Å²) in [5, 5.41) is 10.1. The molecule has 0 amide bonds. The Morgan fingerprint density at radius 2 is 1.83 bits per heavy atom. The first-order chi connectivity index (χ1) is 8.76. The van der Waals surface area contributed by atoms with Crippen molar-refractivity contribution in [2.24, 2.45) is 0 Å². The van der Waals surface area contributed by atoms with Crippen molar-refractivity contribution in [3.63, 3.8) is 0 Å². The molecule has 3 heteroatoms. The molecule has 2 nitrogen and oxygen atoms in total. The summed E-state index contributed by atoms with van der Waals surface area (Å²) in [7, 11) is 0. The Hall–Kier alpha value is -1.51. The summed E-state index contributed by atoms with van der Waals surface area (Å²) in [5.74, 6) is 0. The van der Waals surface area contributed by atoms with Gasteiger partial charge >= 0.3 is 0 Å². The van der Waals surface area contributed by atoms with E-state index >= 15 is 0 Å². The Kier molecular flexibility index (Phi) is 4.24. The lowest BCUT2D eigenvalue weighted by Crippen LogP contribution is -2.17. The highest BCUT2D eigenvalue weighted by Crippen LogP contribution is 2.30. The first-order valence-corrected chi connectivity index (χ1v) is 6.36. The second kappa shape index (κ2) is 5.89. The molecule has 0 atom stereocenters. The Labute approximate surface area is 112 Å². The van der Waals surface area contributed by atoms with Crippen LogP contribution < -0.4 is 4.90 Å². The summed E-state index contributed by atoms with van der Waals surface area (Å²) < 4.78 is 0. The average molecular weight is 262 g/mol. The van der Waals surface area contributed by atoms with Crippen LogP contribution in [0.25, 0.3) is 0 Å². The number of hydrogen-bond donors (Lipinski definition) is 1. The number of rotatable bonds is 4. The van der Waals surface area contributed by atoms with Gasteiger partial charge in [0.15, 0.2) is 0 Å². The zero-order valence-electron chi connectivity index (χ0n) is 10.3. The van der Waals surface area contributed by atoms with Crippen molar-refractivity contribution < 1.29 is 5.11 Å². The van der Waals surface area contributed by atoms with Crippen molar-refractivity contribution in [2.75, 3.05) is 11.4 Å². The van der Waals surface area contributed by atoms with E-state index in [4.69, 9.17) is 11.6 Å². The van der Waals surface area contributed by atoms with E-state index < -0.39 is 0 Å². The van der Waals surface area contributed by atoms with Crippen LogP contribution in [0.2, 0.25) is 5.02 Å². The fraction of sp³-hybridized carbons (Fsp3) is 0.200. The molecule has 0 aliphatic heterocycles. The monoisotopic (exact) mass is 261 g/mol. The smallest absolute Gasteiger partial charge is 0.0702 e. The highest BCUT2D eigenvalue weighted by Gasteiger charge is 2.11. The molecular weight excluding hydrogens is 246 g/mol. The molecule has 2 aromatic carbocycles. The predicted octanol–water partition coefficient (Wildman–Crippen LogP) is 3.99. The van der Waals surface area contributed by atoms with E-state index in [2.05, 4.69) is 24.0 Å². The number of anilines is 2. The molecule has 0 radical (unpaired) electrons. The van der Waals surface area contributed by atoms with Gasteiger partial charge in [-0.05, 0) is 37.3 Å². The molecule has 94 valence electrons. The second-order valence-corrected chi connectivity index (χ2v) is 4.45. The highest BCUT2D eigenvalue weighted by atomic mass is 35.5. The molecule has 18 heavy (non-hydrogen) atoms. The third-order valence-corrected chi connectivity index (χ3v) is 3.12. The summed E-state index contributed by atoms with van der Waals surface area (Å²) in [5.41, 5.74) is 2.95. The maximum Gasteiger partial charge on any atom is 0.0702 e. The average Bonchev–Trinajstić information content (AvgIpc) is 2.42. The van der Waals surface area contributed by atoms with Gasteiger partial charge in [0.2, 0.25) is 0 Å². The van der Waals surface area contributed by atoms with Crippen molar-refractivity contribution >= 4 is 23.0 Å². The highest BCUT2D eigenvalue weighted by molar-refractivity contribution is 6.30. The molecule has 2 rings (SSSR count). The molecule has 0 aliphatic rings. The standard InChI is InChI=1S/C15H16ClNO/c1-2-17(14-6-4-3-5-7-14)15-9-8-13(16)10-12(15)11-18/h3-10,18H,2,11H2,1H3. The van der Waals surface area contributed by atoms with Crippen LogP contribution in [0.15, 0.2) is 48.5 Å². The Bertz CT molecular complexity index is 513. The summed E-state index contributed by atoms with van der Waals surface area (Å²) >= 11 is 5.96.